The third kappa shape index (κ3) is 1.41. The Morgan fingerprint density at radius 3 is 2.12 bits per heavy atom. The lowest BCUT2D eigenvalue weighted by Crippen LogP contribution is -2.15. The minimum absolute atomic E-state index is 0.204. The van der Waals surface area contributed by atoms with Gasteiger partial charge in [-0.25, -0.2) is 8.42 Å². The summed E-state index contributed by atoms with van der Waals surface area (Å²) in [6.07, 6.45) is 5.86. The first kappa shape index (κ1) is 10.1. The predicted octanol–water partition coefficient (Wildman–Crippen LogP) is 1.78. The monoisotopic (exact) mass is 235 g/mol. The van der Waals surface area contributed by atoms with Crippen molar-refractivity contribution in [2.75, 3.05) is 0 Å². The quantitative estimate of drug-likeness (QED) is 0.579. The molecule has 3 rings (SSSR count). The highest BCUT2D eigenvalue weighted by atomic mass is 32.2. The molecule has 1 fully saturated rings. The Bertz CT molecular complexity index is 507. The second kappa shape index (κ2) is 3.43. The van der Waals surface area contributed by atoms with Crippen LogP contribution in [0.3, 0.4) is 0 Å². The molecule has 1 aliphatic carbocycles. The van der Waals surface area contributed by atoms with Crippen molar-refractivity contribution in [3.8, 4) is 0 Å². The minimum Gasteiger partial charge on any atom is -0.207 e. The van der Waals surface area contributed by atoms with Crippen LogP contribution in [0.4, 0.5) is 0 Å². The summed E-state index contributed by atoms with van der Waals surface area (Å²) in [5.41, 5.74) is 0. The summed E-state index contributed by atoms with van der Waals surface area (Å²) >= 11 is 0. The van der Waals surface area contributed by atoms with Gasteiger partial charge >= 0.3 is 0 Å². The maximum Gasteiger partial charge on any atom is 0.243 e. The van der Waals surface area contributed by atoms with E-state index in [9.17, 15) is 8.42 Å². The lowest BCUT2D eigenvalue weighted by Gasteiger charge is -2.05. The van der Waals surface area contributed by atoms with Crippen LogP contribution in [0.5, 0.6) is 0 Å². The van der Waals surface area contributed by atoms with Crippen LogP contribution in [-0.4, -0.2) is 24.8 Å². The van der Waals surface area contributed by atoms with Gasteiger partial charge in [0, 0.05) is 12.1 Å². The summed E-state index contributed by atoms with van der Waals surface area (Å²) in [6, 6.07) is 9.08. The van der Waals surface area contributed by atoms with Gasteiger partial charge in [-0.1, -0.05) is 30.4 Å². The van der Waals surface area contributed by atoms with Crippen LogP contribution < -0.4 is 0 Å². The summed E-state index contributed by atoms with van der Waals surface area (Å²) in [6.45, 7) is 0. The average Bonchev–Trinajstić information content (AvgIpc) is 3.05. The van der Waals surface area contributed by atoms with Crippen molar-refractivity contribution in [3.05, 3.63) is 42.5 Å². The maximum absolute atomic E-state index is 12.3. The van der Waals surface area contributed by atoms with E-state index in [2.05, 4.69) is 12.2 Å². The van der Waals surface area contributed by atoms with Crippen LogP contribution in [0.1, 0.15) is 12.8 Å². The molecule has 0 bridgehead atoms. The van der Waals surface area contributed by atoms with Gasteiger partial charge in [0.15, 0.2) is 0 Å². The average molecular weight is 235 g/mol. The third-order valence-corrected chi connectivity index (χ3v) is 5.21. The summed E-state index contributed by atoms with van der Waals surface area (Å²) < 4.78 is 26.2. The molecule has 1 aromatic carbocycles. The standard InChI is InChI=1S/C12H13NO2S/c14-16(15,10-6-2-1-3-7-10)13-11-8-4-5-9-12(11)13/h1-7,11-12H,8-9H2/t11-,12-/m0/s1. The van der Waals surface area contributed by atoms with E-state index in [0.717, 1.165) is 12.8 Å². The number of hydrogen-bond donors (Lipinski definition) is 0. The molecular formula is C12H13NO2S. The van der Waals surface area contributed by atoms with Crippen LogP contribution in [0.15, 0.2) is 47.4 Å². The number of benzene rings is 1. The summed E-state index contributed by atoms with van der Waals surface area (Å²) in [7, 11) is -3.25. The first-order valence-corrected chi connectivity index (χ1v) is 6.89. The number of hydrogen-bond acceptors (Lipinski definition) is 2. The van der Waals surface area contributed by atoms with Crippen LogP contribution >= 0.6 is 0 Å². The molecule has 0 aromatic heterocycles. The highest BCUT2D eigenvalue weighted by Gasteiger charge is 2.54. The molecule has 1 aromatic rings. The Labute approximate surface area is 95.4 Å². The maximum atomic E-state index is 12.3. The SMILES string of the molecule is O=S(=O)(c1ccccc1)N1[C@H]2CC=CC[C@@H]21. The molecule has 2 aliphatic rings. The van der Waals surface area contributed by atoms with Gasteiger partial charge in [-0.05, 0) is 25.0 Å². The van der Waals surface area contributed by atoms with Gasteiger partial charge in [0.25, 0.3) is 0 Å². The molecule has 0 unspecified atom stereocenters. The zero-order valence-electron chi connectivity index (χ0n) is 8.78. The van der Waals surface area contributed by atoms with Crippen LogP contribution in [-0.2, 0) is 10.0 Å². The van der Waals surface area contributed by atoms with E-state index in [0.29, 0.717) is 4.90 Å². The van der Waals surface area contributed by atoms with Crippen LogP contribution in [0.25, 0.3) is 0 Å². The first-order chi connectivity index (χ1) is 7.71. The fourth-order valence-electron chi connectivity index (χ4n) is 2.37. The molecule has 3 nitrogen and oxygen atoms in total. The molecule has 1 heterocycles. The van der Waals surface area contributed by atoms with Crippen molar-refractivity contribution in [2.45, 2.75) is 29.8 Å². The van der Waals surface area contributed by atoms with Gasteiger partial charge in [-0.3, -0.25) is 0 Å². The second-order valence-electron chi connectivity index (χ2n) is 4.23. The molecule has 0 N–H and O–H groups in total. The van der Waals surface area contributed by atoms with Gasteiger partial charge in [-0.2, -0.15) is 4.31 Å². The molecule has 0 amide bonds. The zero-order valence-corrected chi connectivity index (χ0v) is 9.60. The van der Waals surface area contributed by atoms with Crippen molar-refractivity contribution in [3.63, 3.8) is 0 Å². The Balaban J connectivity index is 1.92. The van der Waals surface area contributed by atoms with E-state index in [-0.39, 0.29) is 12.1 Å². The molecule has 16 heavy (non-hydrogen) atoms. The molecule has 1 aliphatic heterocycles. The molecule has 0 saturated carbocycles. The zero-order chi connectivity index (χ0) is 11.2. The van der Waals surface area contributed by atoms with E-state index >= 15 is 0 Å². The molecule has 0 radical (unpaired) electrons. The lowest BCUT2D eigenvalue weighted by molar-refractivity contribution is 0.546. The molecule has 1 saturated heterocycles. The fourth-order valence-corrected chi connectivity index (χ4v) is 4.23. The third-order valence-electron chi connectivity index (χ3n) is 3.25. The summed E-state index contributed by atoms with van der Waals surface area (Å²) in [5.74, 6) is 0. The largest absolute Gasteiger partial charge is 0.243 e. The molecule has 84 valence electrons. The van der Waals surface area contributed by atoms with Gasteiger partial charge in [0.05, 0.1) is 4.90 Å². The van der Waals surface area contributed by atoms with Crippen molar-refractivity contribution in [2.24, 2.45) is 0 Å². The molecule has 4 heteroatoms. The normalized spacial score (nSPS) is 32.1. The van der Waals surface area contributed by atoms with Gasteiger partial charge in [0.2, 0.25) is 10.0 Å². The van der Waals surface area contributed by atoms with Crippen LogP contribution in [0, 0.1) is 0 Å². The minimum atomic E-state index is -3.25. The second-order valence-corrected chi connectivity index (χ2v) is 6.07. The predicted molar refractivity (Wildman–Crippen MR) is 61.4 cm³/mol. The number of nitrogens with zero attached hydrogens (tertiary/aromatic N) is 1. The van der Waals surface area contributed by atoms with Crippen molar-refractivity contribution in [1.29, 1.82) is 0 Å². The molecular weight excluding hydrogens is 222 g/mol. The lowest BCUT2D eigenvalue weighted by atomic mass is 10.1. The first-order valence-electron chi connectivity index (χ1n) is 5.45. The molecule has 2 atom stereocenters. The van der Waals surface area contributed by atoms with Gasteiger partial charge < -0.3 is 0 Å². The van der Waals surface area contributed by atoms with E-state index in [1.54, 1.807) is 28.6 Å². The Morgan fingerprint density at radius 1 is 1.00 bits per heavy atom. The summed E-state index contributed by atoms with van der Waals surface area (Å²) in [4.78, 5) is 0.407. The van der Waals surface area contributed by atoms with Crippen molar-refractivity contribution in [1.82, 2.24) is 4.31 Å². The van der Waals surface area contributed by atoms with E-state index in [1.807, 2.05) is 6.07 Å². The fraction of sp³-hybridized carbons (Fsp3) is 0.333. The van der Waals surface area contributed by atoms with Gasteiger partial charge in [0.1, 0.15) is 0 Å². The van der Waals surface area contributed by atoms with Crippen LogP contribution in [0.2, 0.25) is 0 Å². The van der Waals surface area contributed by atoms with E-state index in [4.69, 9.17) is 0 Å². The van der Waals surface area contributed by atoms with Crippen molar-refractivity contribution < 1.29 is 8.42 Å². The smallest absolute Gasteiger partial charge is 0.207 e. The van der Waals surface area contributed by atoms with Crippen molar-refractivity contribution >= 4 is 10.0 Å². The summed E-state index contributed by atoms with van der Waals surface area (Å²) in [5, 5.41) is 0. The van der Waals surface area contributed by atoms with E-state index < -0.39 is 10.0 Å². The number of rotatable bonds is 2. The number of sulfonamides is 1. The topological polar surface area (TPSA) is 37.1 Å². The van der Waals surface area contributed by atoms with E-state index in [1.165, 1.54) is 0 Å². The Kier molecular flexibility index (Phi) is 2.16. The number of fused-ring (bicyclic) bond motifs is 1. The molecule has 0 spiro atoms. The van der Waals surface area contributed by atoms with Gasteiger partial charge in [-0.15, -0.1) is 0 Å². The highest BCUT2D eigenvalue weighted by molar-refractivity contribution is 7.89. The Hall–Kier alpha value is -1.13. The highest BCUT2D eigenvalue weighted by Crippen LogP contribution is 2.42. The Morgan fingerprint density at radius 2 is 1.56 bits per heavy atom.